The Kier molecular flexibility index (Phi) is 58.6. The number of rotatable bonds is 41. The molecule has 134 heavy (non-hydrogen) atoms. The number of hydrogen-bond donors (Lipinski definition) is 10. The fourth-order valence-corrected chi connectivity index (χ4v) is 19.4. The highest BCUT2D eigenvalue weighted by atomic mass is 79.9. The summed E-state index contributed by atoms with van der Waals surface area (Å²) in [4.78, 5) is 173. The number of nitrogens with zero attached hydrogens (tertiary/aromatic N) is 6. The number of carbonyl (C=O) groups excluding carboxylic acids is 11. The van der Waals surface area contributed by atoms with Crippen molar-refractivity contribution in [2.24, 2.45) is 96.7 Å². The SMILES string of the molecule is CC(N)=NCCC[C@H](CC(=O)[C@@H]1CCCN1C(=O)[C@@H](N)CC1CCCCC1)C(=O)CF.CC(N)=NCCC[C@H](N)C(=O)CF.COC(=O)[C@@H]1CCCN1.C[C@@H](CC1CCCCC1)C(=O)N1CCC[C@H]1C(=O)O.C[C@@H](CC1CCCCC1)C(=O)O.NC(N)=NCCC[C@H](CC(=O)[C@@H]1CCCN1C(=O)[C@H](CC1CCCCC1)NC(=O)c1ccc(Br)cc1)C(=O)CF.O=C(Cl)c1ccc(Br)cc1. The Morgan fingerprint density at radius 1 is 0.478 bits per heavy atom. The van der Waals surface area contributed by atoms with Gasteiger partial charge in [-0.3, -0.25) is 72.5 Å². The van der Waals surface area contributed by atoms with Crippen LogP contribution in [0.2, 0.25) is 0 Å². The quantitative estimate of drug-likeness (QED) is 0.00971. The van der Waals surface area contributed by atoms with Crippen LogP contribution in [0.25, 0.3) is 0 Å². The number of nitrogens with two attached hydrogens (primary N) is 6. The Labute approximate surface area is 812 Å². The summed E-state index contributed by atoms with van der Waals surface area (Å²) in [5, 5.41) is 23.4. The van der Waals surface area contributed by atoms with E-state index in [1.807, 2.05) is 13.8 Å². The van der Waals surface area contributed by atoms with E-state index in [0.29, 0.717) is 150 Å². The third-order valence-electron chi connectivity index (χ3n) is 26.3. The number of methoxy groups -OCH3 is 1. The molecule has 4 amide bonds. The first-order valence-electron chi connectivity index (χ1n) is 48.5. The maximum atomic E-state index is 13.9. The Hall–Kier alpha value is -8.12. The molecular weight excluding hydrogens is 1880 g/mol. The lowest BCUT2D eigenvalue weighted by molar-refractivity contribution is -0.150. The minimum absolute atomic E-state index is 0.0250. The topological polar surface area (TPSA) is 499 Å². The monoisotopic (exact) mass is 2030 g/mol. The van der Waals surface area contributed by atoms with Crippen molar-refractivity contribution in [2.45, 2.75) is 327 Å². The molecule has 0 aromatic heterocycles. The number of Topliss-reactive ketones (excluding diaryl/α,β-unsaturated/α-hetero) is 5. The molecule has 754 valence electrons. The van der Waals surface area contributed by atoms with E-state index in [1.54, 1.807) is 77.1 Å². The van der Waals surface area contributed by atoms with Gasteiger partial charge >= 0.3 is 17.9 Å². The van der Waals surface area contributed by atoms with E-state index in [1.165, 1.54) is 97.0 Å². The molecule has 4 saturated carbocycles. The second-order valence-electron chi connectivity index (χ2n) is 37.0. The molecule has 4 saturated heterocycles. The minimum Gasteiger partial charge on any atom is -0.481 e. The van der Waals surface area contributed by atoms with E-state index in [9.17, 15) is 75.5 Å². The molecule has 10 rings (SSSR count). The molecule has 2 aromatic rings. The Morgan fingerprint density at radius 2 is 0.866 bits per heavy atom. The van der Waals surface area contributed by atoms with Crippen LogP contribution in [0.1, 0.15) is 305 Å². The van der Waals surface area contributed by atoms with Gasteiger partial charge in [-0.15, -0.1) is 0 Å². The summed E-state index contributed by atoms with van der Waals surface area (Å²) in [7, 11) is 1.42. The van der Waals surface area contributed by atoms with Gasteiger partial charge in [-0.1, -0.05) is 174 Å². The van der Waals surface area contributed by atoms with Crippen LogP contribution in [0.5, 0.6) is 0 Å². The molecule has 0 unspecified atom stereocenters. The first-order chi connectivity index (χ1) is 63.9. The zero-order valence-electron chi connectivity index (χ0n) is 79.7. The number of amides is 4. The van der Waals surface area contributed by atoms with E-state index in [-0.39, 0.29) is 90.8 Å². The average Bonchev–Trinajstić information content (AvgIpc) is 1.63. The third kappa shape index (κ3) is 45.9. The number of alkyl halides is 3. The lowest BCUT2D eigenvalue weighted by atomic mass is 9.83. The van der Waals surface area contributed by atoms with Crippen LogP contribution in [0.15, 0.2) is 72.5 Å². The van der Waals surface area contributed by atoms with Gasteiger partial charge in [-0.25, -0.2) is 18.0 Å². The fraction of sp³-hybridized carbons (Fsp3) is 0.714. The fourth-order valence-electron chi connectivity index (χ4n) is 18.8. The highest BCUT2D eigenvalue weighted by Crippen LogP contribution is 2.35. The number of carboxylic acids is 2. The van der Waals surface area contributed by atoms with E-state index >= 15 is 0 Å². The number of hydrogen-bond acceptors (Lipinski definition) is 20. The van der Waals surface area contributed by atoms with Crippen molar-refractivity contribution in [2.75, 3.05) is 72.9 Å². The second-order valence-corrected chi connectivity index (χ2v) is 39.2. The standard InChI is InChI=1S/C29H41BrFN5O4.C23H39FN4O3.C15H25NO3.C10H18O2.C8H16FN3O.C7H4BrClO.C6H11NO2/c30-22-12-10-20(11-13-22)27(39)35-23(16-19-6-2-1-3-7-19)28(40)36-15-5-9-24(36)25(37)17-21(26(38)18-31)8-4-14-34-29(32)33;1-16(25)27-11-5-9-18(22(30)15-24)14-21(29)20-10-6-12-28(20)23(31)19(26)13-17-7-3-2-4-8-17;1-11(10-12-6-3-2-4-7-12)14(17)16-9-5-8-13(16)15(18)19;1-8(10(11)12)7-9-5-3-2-4-6-9;1-6(10)12-4-2-3-7(11)8(13)5-9;8-6-3-1-5(2-4-6)7(9)10;1-9-6(8)5-3-2-4-7-5/h10-13,19,21,23-24H,1-9,14-18H2,(H,35,39)(H4,32,33,34);17-20H,2-15,26H2,1H3,(H2,25,27);11-13H,2-10H2,1H3,(H,18,19);8-9H,2-7H2,1H3,(H,11,12);7H,2-5,11H2,1H3,(H2,10,12);1-4H;5,7H,2-4H2,1H3/t21-,23+,24+;18-,19+,20+;11-,13-;8-;7-;;5-/m11000.0/s1. The normalized spacial score (nSPS) is 20.4. The maximum Gasteiger partial charge on any atom is 0.326 e. The molecule has 2 aromatic carbocycles. The molecule has 4 heterocycles. The number of carboxylic acid groups (broad SMARTS) is 2. The number of aliphatic carboxylic acids is 2. The number of esters is 1. The zero-order valence-corrected chi connectivity index (χ0v) is 83.6. The molecule has 4 aliphatic carbocycles. The highest BCUT2D eigenvalue weighted by molar-refractivity contribution is 9.10. The lowest BCUT2D eigenvalue weighted by Crippen LogP contribution is -2.52. The Morgan fingerprint density at radius 3 is 1.25 bits per heavy atom. The van der Waals surface area contributed by atoms with E-state index in [0.717, 1.165) is 92.5 Å². The number of amidine groups is 2. The van der Waals surface area contributed by atoms with E-state index in [4.69, 9.17) is 56.2 Å². The van der Waals surface area contributed by atoms with Gasteiger partial charge in [-0.2, -0.15) is 0 Å². The van der Waals surface area contributed by atoms with Crippen molar-refractivity contribution in [1.82, 2.24) is 25.3 Å². The predicted octanol–water partition coefficient (Wildman–Crippen LogP) is 14.3. The van der Waals surface area contributed by atoms with Crippen molar-refractivity contribution < 1.29 is 90.5 Å². The molecule has 16 N–H and O–H groups in total. The maximum absolute atomic E-state index is 13.9. The van der Waals surface area contributed by atoms with Crippen LogP contribution < -0.4 is 45.0 Å². The van der Waals surface area contributed by atoms with Crippen LogP contribution in [0.3, 0.4) is 0 Å². The van der Waals surface area contributed by atoms with E-state index < -0.39 is 103 Å². The van der Waals surface area contributed by atoms with Gasteiger partial charge in [0.2, 0.25) is 17.7 Å². The number of halogens is 6. The van der Waals surface area contributed by atoms with E-state index in [2.05, 4.69) is 62.2 Å². The summed E-state index contributed by atoms with van der Waals surface area (Å²) in [6.07, 6.45) is 35.5. The summed E-state index contributed by atoms with van der Waals surface area (Å²) in [6.45, 7) is 7.65. The first-order valence-corrected chi connectivity index (χ1v) is 50.5. The summed E-state index contributed by atoms with van der Waals surface area (Å²) in [5.74, 6) is -3.11. The summed E-state index contributed by atoms with van der Waals surface area (Å²) in [5.41, 5.74) is 34.0. The number of aliphatic imine (C=N–C) groups is 3. The van der Waals surface area contributed by atoms with Gasteiger partial charge in [0, 0.05) is 89.9 Å². The summed E-state index contributed by atoms with van der Waals surface area (Å²) >= 11 is 11.8. The van der Waals surface area contributed by atoms with Gasteiger partial charge in [0.05, 0.1) is 48.9 Å². The second kappa shape index (κ2) is 66.4. The molecule has 8 aliphatic rings. The zero-order chi connectivity index (χ0) is 99.2. The lowest BCUT2D eigenvalue weighted by Gasteiger charge is -2.32. The van der Waals surface area contributed by atoms with Crippen LogP contribution in [0, 0.1) is 47.3 Å². The Balaban J connectivity index is 0.000000351. The predicted molar refractivity (Wildman–Crippen MR) is 523 cm³/mol. The number of guanidine groups is 1. The van der Waals surface area contributed by atoms with Crippen molar-refractivity contribution in [1.29, 1.82) is 0 Å². The van der Waals surface area contributed by atoms with Crippen LogP contribution in [-0.2, 0) is 57.5 Å². The minimum atomic E-state index is -1.15. The molecular formula is C98H154Br2ClF3N14O16. The van der Waals surface area contributed by atoms with Gasteiger partial charge < -0.3 is 74.7 Å². The van der Waals surface area contributed by atoms with Crippen LogP contribution in [0.4, 0.5) is 13.2 Å². The molecule has 8 fully saturated rings. The van der Waals surface area contributed by atoms with Gasteiger partial charge in [-0.05, 0) is 220 Å². The van der Waals surface area contributed by atoms with Crippen molar-refractivity contribution >= 4 is 137 Å². The average molecular weight is 2040 g/mol. The molecule has 30 nitrogen and oxygen atoms in total. The smallest absolute Gasteiger partial charge is 0.326 e. The van der Waals surface area contributed by atoms with Crippen molar-refractivity contribution in [3.63, 3.8) is 0 Å². The van der Waals surface area contributed by atoms with Crippen LogP contribution >= 0.6 is 43.5 Å². The largest absolute Gasteiger partial charge is 0.481 e. The third-order valence-corrected chi connectivity index (χ3v) is 27.6. The number of nitrogens with one attached hydrogen (secondary N) is 2. The van der Waals surface area contributed by atoms with Crippen molar-refractivity contribution in [3.05, 3.63) is 68.6 Å². The van der Waals surface area contributed by atoms with Gasteiger partial charge in [0.25, 0.3) is 11.1 Å². The van der Waals surface area contributed by atoms with Gasteiger partial charge in [0.15, 0.2) is 34.9 Å². The highest BCUT2D eigenvalue weighted by Gasteiger charge is 2.42. The molecule has 0 spiro atoms. The molecule has 11 atom stereocenters. The number of benzene rings is 2. The molecule has 0 bridgehead atoms. The van der Waals surface area contributed by atoms with Crippen molar-refractivity contribution in [3.8, 4) is 0 Å². The summed E-state index contributed by atoms with van der Waals surface area (Å²) < 4.78 is 44.4. The number of likely N-dealkylation sites (tertiary alicyclic amines) is 3. The number of carbonyl (C=O) groups is 13. The van der Waals surface area contributed by atoms with Crippen LogP contribution in [-0.4, -0.2) is 233 Å². The molecule has 0 radical (unpaired) electrons. The molecule has 4 aliphatic heterocycles. The van der Waals surface area contributed by atoms with Gasteiger partial charge in [0.1, 0.15) is 38.1 Å². The Bertz CT molecular complexity index is 4030. The summed E-state index contributed by atoms with van der Waals surface area (Å²) in [6, 6.07) is 9.91. The number of ketones is 5. The first kappa shape index (κ1) is 118. The number of ether oxygens (including phenoxy) is 1. The molecule has 36 heteroatoms.